The van der Waals surface area contributed by atoms with Crippen molar-refractivity contribution in [1.82, 2.24) is 5.01 Å². The number of thiophene rings is 1. The summed E-state index contributed by atoms with van der Waals surface area (Å²) in [5.74, 6) is 1.74. The Labute approximate surface area is 156 Å². The molecule has 2 atom stereocenters. The number of hydrogen-bond acceptors (Lipinski definition) is 5. The van der Waals surface area contributed by atoms with E-state index in [1.807, 2.05) is 36.4 Å². The molecule has 130 valence electrons. The lowest BCUT2D eigenvalue weighted by Gasteiger charge is -2.38. The molecule has 0 saturated heterocycles. The number of methoxy groups -OCH3 is 1. The number of nitrogens with zero attached hydrogens (tertiary/aromatic N) is 2. The minimum absolute atomic E-state index is 0.173. The van der Waals surface area contributed by atoms with Crippen molar-refractivity contribution in [2.75, 3.05) is 7.11 Å². The van der Waals surface area contributed by atoms with Gasteiger partial charge in [-0.3, -0.25) is 0 Å². The smallest absolute Gasteiger partial charge is 0.217 e. The van der Waals surface area contributed by atoms with E-state index >= 15 is 0 Å². The molecule has 5 heteroatoms. The lowest BCUT2D eigenvalue weighted by Crippen LogP contribution is -2.33. The summed E-state index contributed by atoms with van der Waals surface area (Å²) >= 11 is 1.73. The van der Waals surface area contributed by atoms with Crippen LogP contribution >= 0.6 is 11.3 Å². The van der Waals surface area contributed by atoms with Gasteiger partial charge in [0, 0.05) is 12.0 Å². The summed E-state index contributed by atoms with van der Waals surface area (Å²) in [4.78, 5) is 1.22. The van der Waals surface area contributed by atoms with Crippen LogP contribution in [0.25, 0.3) is 0 Å². The summed E-state index contributed by atoms with van der Waals surface area (Å²) < 4.78 is 12.0. The van der Waals surface area contributed by atoms with Gasteiger partial charge in [-0.25, -0.2) is 5.01 Å². The number of hydrogen-bond donors (Lipinski definition) is 0. The summed E-state index contributed by atoms with van der Waals surface area (Å²) in [6, 6.07) is 20.6. The highest BCUT2D eigenvalue weighted by molar-refractivity contribution is 7.12. The van der Waals surface area contributed by atoms with Gasteiger partial charge in [0.25, 0.3) is 0 Å². The topological polar surface area (TPSA) is 34.1 Å². The molecule has 5 rings (SSSR count). The highest BCUT2D eigenvalue weighted by Gasteiger charge is 2.41. The van der Waals surface area contributed by atoms with Crippen molar-refractivity contribution < 1.29 is 9.47 Å². The molecule has 2 aromatic carbocycles. The molecule has 0 amide bonds. The first-order chi connectivity index (χ1) is 12.8. The Hall–Kier alpha value is -2.79. The Bertz CT molecular complexity index is 968. The van der Waals surface area contributed by atoms with Crippen LogP contribution in [0, 0.1) is 0 Å². The second kappa shape index (κ2) is 6.18. The lowest BCUT2D eigenvalue weighted by atomic mass is 9.97. The second-order valence-electron chi connectivity index (χ2n) is 6.37. The maximum Gasteiger partial charge on any atom is 0.217 e. The van der Waals surface area contributed by atoms with Gasteiger partial charge in [0.2, 0.25) is 6.23 Å². The number of rotatable bonds is 3. The third-order valence-corrected chi connectivity index (χ3v) is 5.83. The number of ether oxygens (including phenoxy) is 2. The van der Waals surface area contributed by atoms with Gasteiger partial charge >= 0.3 is 0 Å². The van der Waals surface area contributed by atoms with Crippen molar-refractivity contribution in [2.24, 2.45) is 5.10 Å². The van der Waals surface area contributed by atoms with Gasteiger partial charge in [-0.1, -0.05) is 36.4 Å². The molecule has 3 heterocycles. The van der Waals surface area contributed by atoms with Crippen LogP contribution in [0.1, 0.15) is 34.7 Å². The number of fused-ring (bicyclic) bond motifs is 3. The van der Waals surface area contributed by atoms with Gasteiger partial charge in [-0.2, -0.15) is 5.10 Å². The van der Waals surface area contributed by atoms with Crippen LogP contribution < -0.4 is 9.47 Å². The van der Waals surface area contributed by atoms with Crippen LogP contribution in [0.15, 0.2) is 71.1 Å². The third-order valence-electron chi connectivity index (χ3n) is 4.91. The Morgan fingerprint density at radius 1 is 1.04 bits per heavy atom. The highest BCUT2D eigenvalue weighted by Crippen LogP contribution is 2.48. The highest BCUT2D eigenvalue weighted by atomic mass is 32.1. The molecule has 0 spiro atoms. The molecule has 3 aromatic rings. The number of para-hydroxylation sites is 2. The predicted molar refractivity (Wildman–Crippen MR) is 103 cm³/mol. The standard InChI is InChI=1S/C21H18N2O2S/c1-24-18-9-4-3-8-15(18)21-23-17(14-7-2-5-10-19(14)25-21)13-16(22-23)20-11-6-12-26-20/h2-12,17,21H,13H2,1H3/t17-,21+/m0/s1. The molecule has 26 heavy (non-hydrogen) atoms. The van der Waals surface area contributed by atoms with E-state index in [0.29, 0.717) is 0 Å². The van der Waals surface area contributed by atoms with Crippen molar-refractivity contribution in [3.05, 3.63) is 82.0 Å². The second-order valence-corrected chi connectivity index (χ2v) is 7.32. The molecule has 0 N–H and O–H groups in total. The van der Waals surface area contributed by atoms with Crippen LogP contribution in [0.5, 0.6) is 11.5 Å². The average Bonchev–Trinajstić information content (AvgIpc) is 3.37. The van der Waals surface area contributed by atoms with E-state index in [-0.39, 0.29) is 12.3 Å². The average molecular weight is 362 g/mol. The Morgan fingerprint density at radius 2 is 1.85 bits per heavy atom. The zero-order valence-electron chi connectivity index (χ0n) is 14.3. The minimum Gasteiger partial charge on any atom is -0.496 e. The fraction of sp³-hybridized carbons (Fsp3) is 0.190. The summed E-state index contributed by atoms with van der Waals surface area (Å²) in [7, 11) is 1.69. The molecule has 4 nitrogen and oxygen atoms in total. The maximum absolute atomic E-state index is 6.38. The first-order valence-electron chi connectivity index (χ1n) is 8.63. The van der Waals surface area contributed by atoms with Crippen molar-refractivity contribution in [2.45, 2.75) is 18.7 Å². The van der Waals surface area contributed by atoms with Crippen LogP contribution in [-0.4, -0.2) is 17.8 Å². The molecule has 0 fully saturated rings. The third kappa shape index (κ3) is 2.39. The van der Waals surface area contributed by atoms with Crippen LogP contribution in [0.2, 0.25) is 0 Å². The van der Waals surface area contributed by atoms with Crippen molar-refractivity contribution in [1.29, 1.82) is 0 Å². The van der Waals surface area contributed by atoms with E-state index in [0.717, 1.165) is 29.2 Å². The Morgan fingerprint density at radius 3 is 2.65 bits per heavy atom. The molecule has 0 aliphatic carbocycles. The first kappa shape index (κ1) is 15.5. The first-order valence-corrected chi connectivity index (χ1v) is 9.51. The maximum atomic E-state index is 6.38. The zero-order chi connectivity index (χ0) is 17.5. The van der Waals surface area contributed by atoms with Crippen LogP contribution in [0.3, 0.4) is 0 Å². The van der Waals surface area contributed by atoms with E-state index in [4.69, 9.17) is 14.6 Å². The molecule has 1 aromatic heterocycles. The molecule has 0 saturated carbocycles. The Kier molecular flexibility index (Phi) is 3.68. The summed E-state index contributed by atoms with van der Waals surface area (Å²) in [5.41, 5.74) is 3.30. The number of hydrazone groups is 1. The van der Waals surface area contributed by atoms with Crippen LogP contribution in [-0.2, 0) is 0 Å². The van der Waals surface area contributed by atoms with Gasteiger partial charge < -0.3 is 9.47 Å². The molecule has 2 aliphatic heterocycles. The van der Waals surface area contributed by atoms with Gasteiger partial charge in [-0.15, -0.1) is 11.3 Å². The zero-order valence-corrected chi connectivity index (χ0v) is 15.1. The van der Waals surface area contributed by atoms with Gasteiger partial charge in [0.15, 0.2) is 0 Å². The van der Waals surface area contributed by atoms with E-state index in [1.54, 1.807) is 18.4 Å². The Balaban J connectivity index is 1.63. The summed E-state index contributed by atoms with van der Waals surface area (Å²) in [6.07, 6.45) is 0.579. The molecule has 0 radical (unpaired) electrons. The lowest BCUT2D eigenvalue weighted by molar-refractivity contribution is -0.0203. The predicted octanol–water partition coefficient (Wildman–Crippen LogP) is 5.00. The summed E-state index contributed by atoms with van der Waals surface area (Å²) in [5, 5.41) is 9.15. The quantitative estimate of drug-likeness (QED) is 0.658. The molecular weight excluding hydrogens is 344 g/mol. The van der Waals surface area contributed by atoms with E-state index in [9.17, 15) is 0 Å². The normalized spacial score (nSPS) is 20.8. The van der Waals surface area contributed by atoms with Crippen molar-refractivity contribution >= 4 is 17.0 Å². The monoisotopic (exact) mass is 362 g/mol. The number of benzene rings is 2. The molecule has 2 aliphatic rings. The van der Waals surface area contributed by atoms with E-state index in [2.05, 4.69) is 34.7 Å². The molecular formula is C21H18N2O2S. The van der Waals surface area contributed by atoms with E-state index < -0.39 is 0 Å². The summed E-state index contributed by atoms with van der Waals surface area (Å²) in [6.45, 7) is 0. The fourth-order valence-corrected chi connectivity index (χ4v) is 4.42. The van der Waals surface area contributed by atoms with Gasteiger partial charge in [0.05, 0.1) is 29.3 Å². The minimum atomic E-state index is -0.302. The van der Waals surface area contributed by atoms with Gasteiger partial charge in [-0.05, 0) is 29.6 Å². The van der Waals surface area contributed by atoms with Crippen molar-refractivity contribution in [3.8, 4) is 11.5 Å². The largest absolute Gasteiger partial charge is 0.496 e. The van der Waals surface area contributed by atoms with Crippen LogP contribution in [0.4, 0.5) is 0 Å². The van der Waals surface area contributed by atoms with Crippen molar-refractivity contribution in [3.63, 3.8) is 0 Å². The van der Waals surface area contributed by atoms with Gasteiger partial charge in [0.1, 0.15) is 11.5 Å². The SMILES string of the molecule is COc1ccccc1[C@H]1Oc2ccccc2[C@@H]2CC(c3cccs3)=NN12. The fourth-order valence-electron chi connectivity index (χ4n) is 3.70. The molecule has 0 bridgehead atoms. The molecule has 0 unspecified atom stereocenters. The van der Waals surface area contributed by atoms with E-state index in [1.165, 1.54) is 10.4 Å².